The van der Waals surface area contributed by atoms with Gasteiger partial charge in [0, 0.05) is 26.2 Å². The van der Waals surface area contributed by atoms with Crippen molar-refractivity contribution in [2.24, 2.45) is 11.8 Å². The monoisotopic (exact) mass is 566 g/mol. The van der Waals surface area contributed by atoms with Crippen LogP contribution >= 0.6 is 0 Å². The van der Waals surface area contributed by atoms with Crippen LogP contribution in [0.2, 0.25) is 19.6 Å². The molecule has 2 aliphatic carbocycles. The third-order valence-corrected chi connectivity index (χ3v) is 10.8. The van der Waals surface area contributed by atoms with Crippen LogP contribution in [0.5, 0.6) is 0 Å². The summed E-state index contributed by atoms with van der Waals surface area (Å²) in [6.07, 6.45) is 14.9. The van der Waals surface area contributed by atoms with Gasteiger partial charge in [-0.15, -0.1) is 5.54 Å². The molecule has 0 spiro atoms. The highest BCUT2D eigenvalue weighted by Gasteiger charge is 2.44. The van der Waals surface area contributed by atoms with E-state index in [1.165, 1.54) is 92.2 Å². The average Bonchev–Trinajstić information content (AvgIpc) is 3.01. The number of benzene rings is 3. The van der Waals surface area contributed by atoms with Crippen LogP contribution in [0.1, 0.15) is 82.3 Å². The fourth-order valence-corrected chi connectivity index (χ4v) is 8.30. The smallest absolute Gasteiger partial charge is 0.129 e. The number of rotatable bonds is 5. The van der Waals surface area contributed by atoms with Crippen LogP contribution in [0.3, 0.4) is 0 Å². The van der Waals surface area contributed by atoms with Gasteiger partial charge < -0.3 is 10.6 Å². The Hall–Kier alpha value is -2.12. The summed E-state index contributed by atoms with van der Waals surface area (Å²) in [6, 6.07) is 18.6. The average molecular weight is 567 g/mol. The quantitative estimate of drug-likeness (QED) is 0.139. The minimum Gasteiger partial charge on any atom is -0.314 e. The van der Waals surface area contributed by atoms with Gasteiger partial charge in [0.25, 0.3) is 0 Å². The molecule has 3 aromatic carbocycles. The molecule has 220 valence electrons. The zero-order valence-corrected chi connectivity index (χ0v) is 27.4. The Morgan fingerprint density at radius 1 is 0.805 bits per heavy atom. The van der Waals surface area contributed by atoms with Gasteiger partial charge in [0.1, 0.15) is 8.07 Å². The molecule has 0 bridgehead atoms. The maximum absolute atomic E-state index is 4.08. The molecule has 1 saturated heterocycles. The van der Waals surface area contributed by atoms with Crippen LogP contribution in [0.4, 0.5) is 0 Å². The van der Waals surface area contributed by atoms with Gasteiger partial charge in [-0.1, -0.05) is 120 Å². The number of fused-ring (bicyclic) bond motifs is 5. The zero-order valence-electron chi connectivity index (χ0n) is 26.4. The summed E-state index contributed by atoms with van der Waals surface area (Å²) >= 11 is 0. The van der Waals surface area contributed by atoms with Gasteiger partial charge in [-0.2, -0.15) is 0 Å². The number of aryl methyl sites for hydroxylation is 1. The van der Waals surface area contributed by atoms with E-state index in [0.29, 0.717) is 5.92 Å². The van der Waals surface area contributed by atoms with Gasteiger partial charge >= 0.3 is 0 Å². The van der Waals surface area contributed by atoms with Gasteiger partial charge in [-0.25, -0.2) is 0 Å². The largest absolute Gasteiger partial charge is 0.314 e. The summed E-state index contributed by atoms with van der Waals surface area (Å²) in [6.45, 7) is 14.1. The molecule has 1 unspecified atom stereocenters. The number of piperazine rings is 1. The predicted octanol–water partition coefficient (Wildman–Crippen LogP) is 9.01. The molecule has 1 aliphatic heterocycles. The maximum Gasteiger partial charge on any atom is 0.129 e. The van der Waals surface area contributed by atoms with Gasteiger partial charge in [-0.05, 0) is 76.6 Å². The lowest BCUT2D eigenvalue weighted by atomic mass is 9.58. The van der Waals surface area contributed by atoms with Crippen molar-refractivity contribution in [1.29, 1.82) is 0 Å². The Morgan fingerprint density at radius 3 is 2.20 bits per heavy atom. The summed E-state index contributed by atoms with van der Waals surface area (Å²) < 4.78 is 0. The maximum atomic E-state index is 4.08. The van der Waals surface area contributed by atoms with Gasteiger partial charge in [0.2, 0.25) is 0 Å². The molecule has 6 rings (SSSR count). The lowest BCUT2D eigenvalue weighted by Crippen LogP contribution is -2.40. The van der Waals surface area contributed by atoms with Crippen molar-refractivity contribution < 1.29 is 0 Å². The van der Waals surface area contributed by atoms with Gasteiger partial charge in [0.05, 0.1) is 5.41 Å². The van der Waals surface area contributed by atoms with Gasteiger partial charge in [-0.3, -0.25) is 0 Å². The van der Waals surface area contributed by atoms with Crippen molar-refractivity contribution >= 4 is 29.6 Å². The number of hydrogen-bond donors (Lipinski definition) is 2. The first kappa shape index (κ1) is 30.3. The lowest BCUT2D eigenvalue weighted by molar-refractivity contribution is 0.184. The third-order valence-electron chi connectivity index (χ3n) is 9.89. The molecule has 3 aliphatic rings. The molecular weight excluding hydrogens is 513 g/mol. The van der Waals surface area contributed by atoms with E-state index in [2.05, 4.69) is 97.2 Å². The highest BCUT2D eigenvalue weighted by Crippen LogP contribution is 2.51. The van der Waals surface area contributed by atoms with E-state index in [4.69, 9.17) is 0 Å². The normalized spacial score (nSPS) is 24.6. The minimum atomic E-state index is -1.46. The molecule has 3 aromatic rings. The Kier molecular flexibility index (Phi) is 10.3. The van der Waals surface area contributed by atoms with E-state index >= 15 is 0 Å². The fourth-order valence-electron chi connectivity index (χ4n) is 7.70. The van der Waals surface area contributed by atoms with Crippen LogP contribution < -0.4 is 10.6 Å². The lowest BCUT2D eigenvalue weighted by Gasteiger charge is -2.45. The molecule has 41 heavy (non-hydrogen) atoms. The molecule has 2 fully saturated rings. The summed E-state index contributed by atoms with van der Waals surface area (Å²) in [4.78, 5) is 0. The van der Waals surface area contributed by atoms with Crippen molar-refractivity contribution in [3.8, 4) is 11.5 Å². The van der Waals surface area contributed by atoms with Crippen molar-refractivity contribution in [2.45, 2.75) is 103 Å². The molecule has 1 heterocycles. The van der Waals surface area contributed by atoms with Crippen molar-refractivity contribution in [3.05, 3.63) is 59.7 Å². The topological polar surface area (TPSA) is 24.1 Å². The molecule has 1 atom stereocenters. The second kappa shape index (κ2) is 13.9. The molecule has 0 aromatic heterocycles. The first-order valence-corrected chi connectivity index (χ1v) is 20.3. The highest BCUT2D eigenvalue weighted by molar-refractivity contribution is 6.83. The van der Waals surface area contributed by atoms with Crippen molar-refractivity contribution in [1.82, 2.24) is 10.6 Å². The minimum absolute atomic E-state index is 0.0576. The van der Waals surface area contributed by atoms with E-state index in [1.54, 1.807) is 11.1 Å². The highest BCUT2D eigenvalue weighted by atomic mass is 28.3. The van der Waals surface area contributed by atoms with Crippen molar-refractivity contribution in [3.63, 3.8) is 0 Å². The molecule has 0 radical (unpaired) electrons. The van der Waals surface area contributed by atoms with E-state index in [0.717, 1.165) is 32.1 Å². The molecule has 0 amide bonds. The molecule has 3 heteroatoms. The van der Waals surface area contributed by atoms with Crippen LogP contribution in [0.15, 0.2) is 48.5 Å². The van der Waals surface area contributed by atoms with Crippen LogP contribution in [0.25, 0.3) is 21.5 Å². The Bertz CT molecular complexity index is 1340. The number of unbranched alkanes of at least 4 members (excludes halogenated alkanes) is 2. The van der Waals surface area contributed by atoms with Crippen LogP contribution in [0, 0.1) is 23.3 Å². The summed E-state index contributed by atoms with van der Waals surface area (Å²) in [5, 5.41) is 12.1. The number of hydrogen-bond acceptors (Lipinski definition) is 2. The Labute approximate surface area is 251 Å². The Morgan fingerprint density at radius 2 is 1.51 bits per heavy atom. The van der Waals surface area contributed by atoms with E-state index in [1.807, 2.05) is 0 Å². The summed E-state index contributed by atoms with van der Waals surface area (Å²) in [7, 11) is -1.46. The standard InChI is InChI=1S/C34H44Si.C4H10N2/c1-5-6-7-11-26-15-18-28(19-16-26)34(24-25-35(2,3)4)23-10-14-32-31-20-17-27-12-8-9-13-29(27)30(31)21-22-33(32)34;1-2-6-4-3-5-1/h8-9,12-13,17,20-22,26,28H,5-7,10-11,14-16,18-19,23H2,1-4H3;5-6H,1-4H2. The fraction of sp³-hybridized carbons (Fsp3) is 0.579. The third kappa shape index (κ3) is 7.27. The molecule has 2 N–H and O–H groups in total. The van der Waals surface area contributed by atoms with Crippen molar-refractivity contribution in [2.75, 3.05) is 26.2 Å². The van der Waals surface area contributed by atoms with E-state index in [9.17, 15) is 0 Å². The van der Waals surface area contributed by atoms with E-state index in [-0.39, 0.29) is 5.41 Å². The predicted molar refractivity (Wildman–Crippen MR) is 183 cm³/mol. The zero-order chi connectivity index (χ0) is 28.7. The molecule has 2 nitrogen and oxygen atoms in total. The second-order valence-corrected chi connectivity index (χ2v) is 18.8. The molecule has 1 saturated carbocycles. The first-order valence-electron chi connectivity index (χ1n) is 16.8. The second-order valence-electron chi connectivity index (χ2n) is 14.0. The van der Waals surface area contributed by atoms with Crippen LogP contribution in [-0.2, 0) is 11.8 Å². The van der Waals surface area contributed by atoms with Crippen LogP contribution in [-0.4, -0.2) is 34.3 Å². The summed E-state index contributed by atoms with van der Waals surface area (Å²) in [5.74, 6) is 5.75. The number of nitrogens with one attached hydrogen (secondary N) is 2. The Balaban J connectivity index is 0.000000500. The first-order chi connectivity index (χ1) is 19.9. The van der Waals surface area contributed by atoms with E-state index < -0.39 is 8.07 Å². The SMILES string of the molecule is C1CNCCN1.CCCCCC1CCC(C2(C#C[Si](C)(C)C)CCCc3c2ccc2c3ccc3ccccc32)CC1. The summed E-state index contributed by atoms with van der Waals surface area (Å²) in [5.41, 5.74) is 7.14. The van der Waals surface area contributed by atoms with Gasteiger partial charge in [0.15, 0.2) is 0 Å². The molecular formula is C38H54N2Si.